The molecule has 1 N–H and O–H groups in total. The molecule has 1 aliphatic heterocycles. The van der Waals surface area contributed by atoms with Crippen molar-refractivity contribution in [1.29, 1.82) is 0 Å². The monoisotopic (exact) mass is 492 g/mol. The summed E-state index contributed by atoms with van der Waals surface area (Å²) in [5.41, 5.74) is 0.870. The number of hydrogen-bond donors (Lipinski definition) is 1. The number of carbonyl (C=O) groups is 2. The SMILES string of the molecule is CCCCOC(=O)c1ccc(NC(=O)C2CCCN(S(=O)(=O)c3cc(F)ccc3OC)C2)cc1. The topological polar surface area (TPSA) is 102 Å². The molecule has 0 saturated carbocycles. The number of methoxy groups -OCH3 is 1. The summed E-state index contributed by atoms with van der Waals surface area (Å²) in [6, 6.07) is 9.65. The molecule has 1 atom stereocenters. The molecule has 0 aromatic heterocycles. The number of anilines is 1. The van der Waals surface area contributed by atoms with E-state index in [4.69, 9.17) is 9.47 Å². The fraction of sp³-hybridized carbons (Fsp3) is 0.417. The van der Waals surface area contributed by atoms with Gasteiger partial charge in [0.1, 0.15) is 16.5 Å². The molecular formula is C24H29FN2O6S. The van der Waals surface area contributed by atoms with Gasteiger partial charge in [0, 0.05) is 18.8 Å². The Morgan fingerprint density at radius 2 is 1.91 bits per heavy atom. The highest BCUT2D eigenvalue weighted by molar-refractivity contribution is 7.89. The lowest BCUT2D eigenvalue weighted by molar-refractivity contribution is -0.120. The van der Waals surface area contributed by atoms with Crippen molar-refractivity contribution >= 4 is 27.6 Å². The van der Waals surface area contributed by atoms with Crippen LogP contribution in [0.1, 0.15) is 43.0 Å². The molecule has 1 unspecified atom stereocenters. The summed E-state index contributed by atoms with van der Waals surface area (Å²) in [5.74, 6) is -1.98. The van der Waals surface area contributed by atoms with Crippen LogP contribution in [0.4, 0.5) is 10.1 Å². The average Bonchev–Trinajstić information content (AvgIpc) is 2.84. The molecule has 0 aliphatic carbocycles. The fourth-order valence-electron chi connectivity index (χ4n) is 3.69. The molecular weight excluding hydrogens is 463 g/mol. The number of ether oxygens (including phenoxy) is 2. The van der Waals surface area contributed by atoms with Crippen molar-refractivity contribution in [2.45, 2.75) is 37.5 Å². The van der Waals surface area contributed by atoms with Crippen molar-refractivity contribution < 1.29 is 31.9 Å². The molecule has 0 bridgehead atoms. The third kappa shape index (κ3) is 6.12. The third-order valence-electron chi connectivity index (χ3n) is 5.62. The molecule has 1 heterocycles. The number of halogens is 1. The molecule has 184 valence electrons. The molecule has 2 aromatic rings. The molecule has 34 heavy (non-hydrogen) atoms. The zero-order valence-electron chi connectivity index (χ0n) is 19.3. The van der Waals surface area contributed by atoms with Crippen molar-refractivity contribution in [2.75, 3.05) is 32.1 Å². The lowest BCUT2D eigenvalue weighted by Gasteiger charge is -2.31. The molecule has 2 aromatic carbocycles. The van der Waals surface area contributed by atoms with E-state index in [1.807, 2.05) is 6.92 Å². The van der Waals surface area contributed by atoms with Gasteiger partial charge in [0.05, 0.1) is 25.2 Å². The first-order chi connectivity index (χ1) is 16.3. The Morgan fingerprint density at radius 3 is 2.59 bits per heavy atom. The largest absolute Gasteiger partial charge is 0.495 e. The minimum atomic E-state index is -4.05. The first kappa shape index (κ1) is 25.6. The highest BCUT2D eigenvalue weighted by Gasteiger charge is 2.35. The van der Waals surface area contributed by atoms with Crippen LogP contribution in [0.3, 0.4) is 0 Å². The van der Waals surface area contributed by atoms with Crippen LogP contribution in [-0.2, 0) is 19.6 Å². The third-order valence-corrected chi connectivity index (χ3v) is 7.50. The summed E-state index contributed by atoms with van der Waals surface area (Å²) in [7, 11) is -2.74. The summed E-state index contributed by atoms with van der Waals surface area (Å²) in [4.78, 5) is 24.6. The van der Waals surface area contributed by atoms with Crippen molar-refractivity contribution in [2.24, 2.45) is 5.92 Å². The maximum atomic E-state index is 13.8. The van der Waals surface area contributed by atoms with E-state index in [2.05, 4.69) is 5.32 Å². The number of esters is 1. The molecule has 1 fully saturated rings. The normalized spacial score (nSPS) is 16.6. The van der Waals surface area contributed by atoms with Gasteiger partial charge in [-0.1, -0.05) is 13.3 Å². The van der Waals surface area contributed by atoms with Crippen LogP contribution >= 0.6 is 0 Å². The fourth-order valence-corrected chi connectivity index (χ4v) is 5.38. The summed E-state index contributed by atoms with van der Waals surface area (Å²) >= 11 is 0. The number of nitrogens with one attached hydrogen (secondary N) is 1. The highest BCUT2D eigenvalue weighted by Crippen LogP contribution is 2.30. The van der Waals surface area contributed by atoms with E-state index in [9.17, 15) is 22.4 Å². The number of benzene rings is 2. The number of piperidine rings is 1. The second-order valence-electron chi connectivity index (χ2n) is 8.05. The van der Waals surface area contributed by atoms with Gasteiger partial charge in [0.2, 0.25) is 15.9 Å². The quantitative estimate of drug-likeness (QED) is 0.422. The van der Waals surface area contributed by atoms with Gasteiger partial charge in [0.25, 0.3) is 0 Å². The second kappa shape index (κ2) is 11.4. The average molecular weight is 493 g/mol. The maximum absolute atomic E-state index is 13.8. The molecule has 3 rings (SSSR count). The molecule has 1 aliphatic rings. The predicted molar refractivity (Wildman–Crippen MR) is 125 cm³/mol. The zero-order valence-corrected chi connectivity index (χ0v) is 20.1. The van der Waals surface area contributed by atoms with Crippen LogP contribution in [0.2, 0.25) is 0 Å². The summed E-state index contributed by atoms with van der Waals surface area (Å²) in [6.45, 7) is 2.55. The van der Waals surface area contributed by atoms with Gasteiger partial charge in [-0.2, -0.15) is 4.31 Å². The lowest BCUT2D eigenvalue weighted by atomic mass is 9.98. The first-order valence-corrected chi connectivity index (χ1v) is 12.6. The number of sulfonamides is 1. The van der Waals surface area contributed by atoms with E-state index < -0.39 is 27.7 Å². The molecule has 10 heteroatoms. The summed E-state index contributed by atoms with van der Waals surface area (Å²) in [5, 5.41) is 2.78. The molecule has 8 nitrogen and oxygen atoms in total. The Labute approximate surface area is 199 Å². The van der Waals surface area contributed by atoms with Crippen molar-refractivity contribution in [3.05, 3.63) is 53.8 Å². The van der Waals surface area contributed by atoms with Crippen LogP contribution in [0, 0.1) is 11.7 Å². The Balaban J connectivity index is 1.66. The zero-order chi connectivity index (χ0) is 24.7. The Hall–Kier alpha value is -2.98. The van der Waals surface area contributed by atoms with Gasteiger partial charge in [-0.15, -0.1) is 0 Å². The van der Waals surface area contributed by atoms with Gasteiger partial charge < -0.3 is 14.8 Å². The van der Waals surface area contributed by atoms with Crippen LogP contribution < -0.4 is 10.1 Å². The Bertz CT molecular complexity index is 1120. The number of nitrogens with zero attached hydrogens (tertiary/aromatic N) is 1. The second-order valence-corrected chi connectivity index (χ2v) is 9.96. The van der Waals surface area contributed by atoms with E-state index in [1.165, 1.54) is 17.5 Å². The van der Waals surface area contributed by atoms with Crippen LogP contribution in [0.15, 0.2) is 47.4 Å². The Morgan fingerprint density at radius 1 is 1.18 bits per heavy atom. The smallest absolute Gasteiger partial charge is 0.338 e. The molecule has 1 saturated heterocycles. The number of amides is 1. The molecule has 0 radical (unpaired) electrons. The van der Waals surface area contributed by atoms with Crippen molar-refractivity contribution in [1.82, 2.24) is 4.31 Å². The summed E-state index contributed by atoms with van der Waals surface area (Å²) in [6.07, 6.45) is 2.71. The predicted octanol–water partition coefficient (Wildman–Crippen LogP) is 3.83. The summed E-state index contributed by atoms with van der Waals surface area (Å²) < 4.78 is 51.5. The lowest BCUT2D eigenvalue weighted by Crippen LogP contribution is -2.43. The molecule has 1 amide bonds. The van der Waals surface area contributed by atoms with E-state index in [-0.39, 0.29) is 29.6 Å². The first-order valence-electron chi connectivity index (χ1n) is 11.2. The van der Waals surface area contributed by atoms with Crippen LogP contribution in [0.5, 0.6) is 5.75 Å². The van der Waals surface area contributed by atoms with Gasteiger partial charge in [0.15, 0.2) is 0 Å². The molecule has 0 spiro atoms. The van der Waals surface area contributed by atoms with E-state index >= 15 is 0 Å². The van der Waals surface area contributed by atoms with E-state index in [0.29, 0.717) is 30.7 Å². The van der Waals surface area contributed by atoms with Crippen molar-refractivity contribution in [3.63, 3.8) is 0 Å². The number of rotatable bonds is 9. The minimum absolute atomic E-state index is 0.0321. The van der Waals surface area contributed by atoms with Crippen LogP contribution in [-0.4, -0.2) is 51.4 Å². The number of carbonyl (C=O) groups excluding carboxylic acids is 2. The minimum Gasteiger partial charge on any atom is -0.495 e. The van der Waals surface area contributed by atoms with Gasteiger partial charge >= 0.3 is 5.97 Å². The Kier molecular flexibility index (Phi) is 8.62. The number of unbranched alkanes of at least 4 members (excludes halogenated alkanes) is 1. The highest BCUT2D eigenvalue weighted by atomic mass is 32.2. The maximum Gasteiger partial charge on any atom is 0.338 e. The van der Waals surface area contributed by atoms with E-state index in [0.717, 1.165) is 25.0 Å². The van der Waals surface area contributed by atoms with Crippen molar-refractivity contribution in [3.8, 4) is 5.75 Å². The van der Waals surface area contributed by atoms with Crippen LogP contribution in [0.25, 0.3) is 0 Å². The van der Waals surface area contributed by atoms with Gasteiger partial charge in [-0.05, 0) is 61.7 Å². The number of hydrogen-bond acceptors (Lipinski definition) is 6. The standard InChI is InChI=1S/C24H29FN2O6S/c1-3-4-14-33-24(29)17-7-10-20(11-8-17)26-23(28)18-6-5-13-27(16-18)34(30,31)22-15-19(25)9-12-21(22)32-2/h7-12,15,18H,3-6,13-14,16H2,1-2H3,(H,26,28). The van der Waals surface area contributed by atoms with E-state index in [1.54, 1.807) is 24.3 Å². The van der Waals surface area contributed by atoms with Gasteiger partial charge in [-0.25, -0.2) is 17.6 Å². The van der Waals surface area contributed by atoms with Gasteiger partial charge in [-0.3, -0.25) is 4.79 Å².